The van der Waals surface area contributed by atoms with Crippen LogP contribution in [0.2, 0.25) is 0 Å². The summed E-state index contributed by atoms with van der Waals surface area (Å²) in [5.74, 6) is -6.39. The average molecular weight is 252 g/mol. The van der Waals surface area contributed by atoms with Crippen molar-refractivity contribution in [2.24, 2.45) is 7.05 Å². The molecule has 1 rings (SSSR count). The van der Waals surface area contributed by atoms with Crippen molar-refractivity contribution in [2.75, 3.05) is 0 Å². The van der Waals surface area contributed by atoms with Crippen LogP contribution in [0.15, 0.2) is 6.07 Å². The van der Waals surface area contributed by atoms with Crippen molar-refractivity contribution in [1.29, 1.82) is 0 Å². The minimum absolute atomic E-state index is 0.201. The second kappa shape index (κ2) is 4.85. The standard InChI is InChI=1S/C10H12F4N2O/c1-3-6-4-7(16(2)15-6)5-8(17)10(13,14)9(11)12/h4,9H,3,5H2,1-2H3. The Hall–Kier alpha value is -1.40. The number of aromatic nitrogens is 2. The molecule has 0 aromatic carbocycles. The zero-order valence-corrected chi connectivity index (χ0v) is 9.38. The maximum atomic E-state index is 12.7. The van der Waals surface area contributed by atoms with Crippen LogP contribution in [0.25, 0.3) is 0 Å². The first-order valence-electron chi connectivity index (χ1n) is 5.00. The van der Waals surface area contributed by atoms with Gasteiger partial charge >= 0.3 is 12.3 Å². The highest BCUT2D eigenvalue weighted by Crippen LogP contribution is 2.25. The highest BCUT2D eigenvalue weighted by atomic mass is 19.3. The monoisotopic (exact) mass is 252 g/mol. The molecule has 1 heterocycles. The summed E-state index contributed by atoms with van der Waals surface area (Å²) in [6.45, 7) is 1.81. The van der Waals surface area contributed by atoms with E-state index in [4.69, 9.17) is 0 Å². The summed E-state index contributed by atoms with van der Waals surface area (Å²) < 4.78 is 50.6. The highest BCUT2D eigenvalue weighted by Gasteiger charge is 2.48. The van der Waals surface area contributed by atoms with Crippen LogP contribution in [-0.2, 0) is 24.7 Å². The molecule has 96 valence electrons. The molecule has 3 nitrogen and oxygen atoms in total. The molecule has 1 aromatic rings. The summed E-state index contributed by atoms with van der Waals surface area (Å²) in [4.78, 5) is 11.1. The van der Waals surface area contributed by atoms with Crippen LogP contribution in [0.3, 0.4) is 0 Å². The Morgan fingerprint density at radius 2 is 2.12 bits per heavy atom. The molecule has 0 aliphatic heterocycles. The van der Waals surface area contributed by atoms with Crippen molar-refractivity contribution >= 4 is 5.78 Å². The van der Waals surface area contributed by atoms with Gasteiger partial charge in [0.1, 0.15) is 0 Å². The number of carbonyl (C=O) groups excluding carboxylic acids is 1. The molecular weight excluding hydrogens is 240 g/mol. The van der Waals surface area contributed by atoms with Gasteiger partial charge in [0.15, 0.2) is 0 Å². The molecular formula is C10H12F4N2O. The first-order chi connectivity index (χ1) is 7.78. The maximum absolute atomic E-state index is 12.7. The molecule has 0 saturated heterocycles. The van der Waals surface area contributed by atoms with Gasteiger partial charge in [0.25, 0.3) is 0 Å². The van der Waals surface area contributed by atoms with Crippen LogP contribution in [0, 0.1) is 0 Å². The number of hydrogen-bond acceptors (Lipinski definition) is 2. The van der Waals surface area contributed by atoms with Gasteiger partial charge in [-0.25, -0.2) is 8.78 Å². The van der Waals surface area contributed by atoms with Crippen LogP contribution in [0.4, 0.5) is 17.6 Å². The Morgan fingerprint density at radius 1 is 1.53 bits per heavy atom. The molecule has 0 N–H and O–H groups in total. The largest absolute Gasteiger partial charge is 0.364 e. The summed E-state index contributed by atoms with van der Waals surface area (Å²) >= 11 is 0. The third kappa shape index (κ3) is 2.83. The van der Waals surface area contributed by atoms with Gasteiger partial charge in [-0.2, -0.15) is 13.9 Å². The lowest BCUT2D eigenvalue weighted by molar-refractivity contribution is -0.166. The fraction of sp³-hybridized carbons (Fsp3) is 0.600. The lowest BCUT2D eigenvalue weighted by Crippen LogP contribution is -2.37. The Bertz CT molecular complexity index is 414. The van der Waals surface area contributed by atoms with Crippen LogP contribution >= 0.6 is 0 Å². The molecule has 0 fully saturated rings. The first-order valence-corrected chi connectivity index (χ1v) is 5.00. The van der Waals surface area contributed by atoms with Crippen molar-refractivity contribution in [2.45, 2.75) is 32.1 Å². The van der Waals surface area contributed by atoms with E-state index >= 15 is 0 Å². The lowest BCUT2D eigenvalue weighted by Gasteiger charge is -2.13. The summed E-state index contributed by atoms with van der Waals surface area (Å²) in [5, 5.41) is 3.94. The van der Waals surface area contributed by atoms with Crippen molar-refractivity contribution < 1.29 is 22.4 Å². The van der Waals surface area contributed by atoms with Crippen LogP contribution in [0.5, 0.6) is 0 Å². The van der Waals surface area contributed by atoms with E-state index in [1.807, 2.05) is 6.92 Å². The molecule has 0 saturated carbocycles. The first kappa shape index (κ1) is 13.7. The molecule has 0 spiro atoms. The SMILES string of the molecule is CCc1cc(CC(=O)C(F)(F)C(F)F)n(C)n1. The average Bonchev–Trinajstić information content (AvgIpc) is 2.59. The topological polar surface area (TPSA) is 34.9 Å². The van der Waals surface area contributed by atoms with Crippen LogP contribution < -0.4 is 0 Å². The molecule has 17 heavy (non-hydrogen) atoms. The van der Waals surface area contributed by atoms with Gasteiger partial charge in [-0.1, -0.05) is 6.92 Å². The van der Waals surface area contributed by atoms with Gasteiger partial charge in [0.2, 0.25) is 5.78 Å². The Morgan fingerprint density at radius 3 is 2.53 bits per heavy atom. The fourth-order valence-electron chi connectivity index (χ4n) is 1.31. The number of Topliss-reactive ketones (excluding diaryl/α,β-unsaturated/α-hetero) is 1. The molecule has 1 aromatic heterocycles. The predicted molar refractivity (Wildman–Crippen MR) is 52.2 cm³/mol. The normalized spacial score (nSPS) is 12.2. The van der Waals surface area contributed by atoms with Crippen LogP contribution in [0.1, 0.15) is 18.3 Å². The number of halogens is 4. The van der Waals surface area contributed by atoms with Crippen LogP contribution in [-0.4, -0.2) is 27.9 Å². The quantitative estimate of drug-likeness (QED) is 0.751. The second-order valence-corrected chi connectivity index (χ2v) is 3.63. The minimum Gasteiger partial charge on any atom is -0.292 e. The fourth-order valence-corrected chi connectivity index (χ4v) is 1.31. The van der Waals surface area contributed by atoms with E-state index in [9.17, 15) is 22.4 Å². The lowest BCUT2D eigenvalue weighted by atomic mass is 10.1. The van der Waals surface area contributed by atoms with Gasteiger partial charge in [0, 0.05) is 12.7 Å². The number of ketones is 1. The van der Waals surface area contributed by atoms with Gasteiger partial charge in [0.05, 0.1) is 12.1 Å². The Labute approximate surface area is 95.4 Å². The summed E-state index contributed by atoms with van der Waals surface area (Å²) in [6.07, 6.45) is -4.15. The number of rotatable bonds is 5. The number of aryl methyl sites for hydroxylation is 2. The molecule has 7 heteroatoms. The van der Waals surface area contributed by atoms with Crippen molar-refractivity contribution in [1.82, 2.24) is 9.78 Å². The number of nitrogens with zero attached hydrogens (tertiary/aromatic N) is 2. The van der Waals surface area contributed by atoms with Crippen molar-refractivity contribution in [3.63, 3.8) is 0 Å². The molecule has 0 atom stereocenters. The number of carbonyl (C=O) groups is 1. The summed E-state index contributed by atoms with van der Waals surface area (Å²) in [5.41, 5.74) is 0.822. The number of hydrogen-bond donors (Lipinski definition) is 0. The second-order valence-electron chi connectivity index (χ2n) is 3.63. The van der Waals surface area contributed by atoms with E-state index in [1.54, 1.807) is 0 Å². The molecule has 0 aliphatic rings. The van der Waals surface area contributed by atoms with Gasteiger partial charge in [-0.05, 0) is 12.5 Å². The van der Waals surface area contributed by atoms with E-state index in [1.165, 1.54) is 17.8 Å². The molecule has 0 aliphatic carbocycles. The summed E-state index contributed by atoms with van der Waals surface area (Å²) in [7, 11) is 1.47. The van der Waals surface area contributed by atoms with Gasteiger partial charge < -0.3 is 0 Å². The Balaban J connectivity index is 2.84. The third-order valence-electron chi connectivity index (χ3n) is 2.38. The van der Waals surface area contributed by atoms with Gasteiger partial charge in [-0.15, -0.1) is 0 Å². The summed E-state index contributed by atoms with van der Waals surface area (Å²) in [6, 6.07) is 1.46. The smallest absolute Gasteiger partial charge is 0.292 e. The maximum Gasteiger partial charge on any atom is 0.364 e. The van der Waals surface area contributed by atoms with E-state index < -0.39 is 24.6 Å². The predicted octanol–water partition coefficient (Wildman–Crippen LogP) is 1.99. The molecule has 0 unspecified atom stereocenters. The van der Waals surface area contributed by atoms with E-state index in [0.29, 0.717) is 12.1 Å². The zero-order chi connectivity index (χ0) is 13.2. The van der Waals surface area contributed by atoms with E-state index in [0.717, 1.165) is 0 Å². The number of alkyl halides is 4. The zero-order valence-electron chi connectivity index (χ0n) is 9.38. The molecule has 0 amide bonds. The van der Waals surface area contributed by atoms with E-state index in [-0.39, 0.29) is 5.69 Å². The Kier molecular flexibility index (Phi) is 3.90. The molecule has 0 radical (unpaired) electrons. The van der Waals surface area contributed by atoms with Crippen molar-refractivity contribution in [3.8, 4) is 0 Å². The third-order valence-corrected chi connectivity index (χ3v) is 2.38. The van der Waals surface area contributed by atoms with E-state index in [2.05, 4.69) is 5.10 Å². The highest BCUT2D eigenvalue weighted by molar-refractivity contribution is 5.87. The molecule has 0 bridgehead atoms. The van der Waals surface area contributed by atoms with Crippen molar-refractivity contribution in [3.05, 3.63) is 17.5 Å². The van der Waals surface area contributed by atoms with Gasteiger partial charge in [-0.3, -0.25) is 9.48 Å². The minimum atomic E-state index is -4.60.